The minimum Gasteiger partial charge on any atom is -0.481 e. The molecule has 3 nitrogen and oxygen atoms in total. The molecule has 0 aliphatic heterocycles. The van der Waals surface area contributed by atoms with Crippen LogP contribution in [0.4, 0.5) is 0 Å². The van der Waals surface area contributed by atoms with Crippen LogP contribution < -0.4 is 0 Å². The molecular formula is C13H16O3. The van der Waals surface area contributed by atoms with Crippen LogP contribution in [-0.2, 0) is 11.2 Å². The average molecular weight is 220 g/mol. The largest absolute Gasteiger partial charge is 0.481 e. The van der Waals surface area contributed by atoms with Crippen LogP contribution in [0.15, 0.2) is 24.3 Å². The van der Waals surface area contributed by atoms with Gasteiger partial charge in [-0.3, -0.25) is 9.59 Å². The maximum Gasteiger partial charge on any atom is 0.303 e. The lowest BCUT2D eigenvalue weighted by molar-refractivity contribution is -0.136. The Balaban J connectivity index is 0.000000221. The van der Waals surface area contributed by atoms with Crippen LogP contribution in [0.3, 0.4) is 0 Å². The molecule has 0 amide bonds. The molecule has 1 N–H and O–H groups in total. The van der Waals surface area contributed by atoms with E-state index in [1.54, 1.807) is 6.92 Å². The van der Waals surface area contributed by atoms with Gasteiger partial charge in [-0.05, 0) is 18.4 Å². The van der Waals surface area contributed by atoms with Crippen molar-refractivity contribution in [2.75, 3.05) is 0 Å². The van der Waals surface area contributed by atoms with Gasteiger partial charge in [0.25, 0.3) is 0 Å². The van der Waals surface area contributed by atoms with Gasteiger partial charge in [0.05, 0.1) is 0 Å². The molecule has 0 unspecified atom stereocenters. The van der Waals surface area contributed by atoms with E-state index in [1.165, 1.54) is 5.56 Å². The lowest BCUT2D eigenvalue weighted by atomic mass is 9.91. The van der Waals surface area contributed by atoms with E-state index in [2.05, 4.69) is 0 Å². The lowest BCUT2D eigenvalue weighted by Gasteiger charge is -2.12. The summed E-state index contributed by atoms with van der Waals surface area (Å²) in [5.74, 6) is -0.433. The zero-order valence-corrected chi connectivity index (χ0v) is 9.40. The smallest absolute Gasteiger partial charge is 0.303 e. The summed E-state index contributed by atoms with van der Waals surface area (Å²) in [5, 5.41) is 7.72. The zero-order valence-electron chi connectivity index (χ0n) is 9.40. The van der Waals surface area contributed by atoms with E-state index >= 15 is 0 Å². The minimum absolute atomic E-state index is 0.222. The zero-order chi connectivity index (χ0) is 12.0. The maximum atomic E-state index is 11.3. The first-order valence-electron chi connectivity index (χ1n) is 5.48. The number of aryl methyl sites for hydroxylation is 1. The Hall–Kier alpha value is -1.64. The van der Waals surface area contributed by atoms with Crippen LogP contribution >= 0.6 is 0 Å². The summed E-state index contributed by atoms with van der Waals surface area (Å²) in [4.78, 5) is 20.7. The van der Waals surface area contributed by atoms with Crippen molar-refractivity contribution in [1.29, 1.82) is 0 Å². The molecule has 1 aliphatic carbocycles. The SMILES string of the molecule is CCC(=O)O.O=C1CCCc2ccccc21. The summed E-state index contributed by atoms with van der Waals surface area (Å²) >= 11 is 0. The summed E-state index contributed by atoms with van der Waals surface area (Å²) in [6.07, 6.45) is 3.05. The number of carbonyl (C=O) groups excluding carboxylic acids is 1. The first-order chi connectivity index (χ1) is 7.65. The standard InChI is InChI=1S/C10H10O.C3H6O2/c11-10-7-3-5-8-4-1-2-6-9(8)10;1-2-3(4)5/h1-2,4,6H,3,5,7H2;2H2,1H3,(H,4,5). The molecule has 0 spiro atoms. The van der Waals surface area contributed by atoms with E-state index in [-0.39, 0.29) is 6.42 Å². The molecule has 1 aliphatic rings. The first kappa shape index (κ1) is 12.4. The molecule has 3 heteroatoms. The molecule has 2 rings (SSSR count). The topological polar surface area (TPSA) is 54.4 Å². The number of carboxylic acid groups (broad SMARTS) is 1. The van der Waals surface area contributed by atoms with Crippen molar-refractivity contribution in [3.63, 3.8) is 0 Å². The normalized spacial score (nSPS) is 13.4. The van der Waals surface area contributed by atoms with Gasteiger partial charge in [0.2, 0.25) is 0 Å². The Morgan fingerprint density at radius 1 is 1.31 bits per heavy atom. The monoisotopic (exact) mass is 220 g/mol. The number of rotatable bonds is 1. The maximum absolute atomic E-state index is 11.3. The van der Waals surface area contributed by atoms with Crippen molar-refractivity contribution in [3.8, 4) is 0 Å². The van der Waals surface area contributed by atoms with Crippen molar-refractivity contribution in [3.05, 3.63) is 35.4 Å². The number of hydrogen-bond acceptors (Lipinski definition) is 2. The summed E-state index contributed by atoms with van der Waals surface area (Å²) in [6.45, 7) is 1.60. The Morgan fingerprint density at radius 3 is 2.50 bits per heavy atom. The number of aliphatic carboxylic acids is 1. The van der Waals surface area contributed by atoms with Gasteiger partial charge in [0.15, 0.2) is 5.78 Å². The van der Waals surface area contributed by atoms with Crippen molar-refractivity contribution in [1.82, 2.24) is 0 Å². The molecule has 1 aromatic rings. The van der Waals surface area contributed by atoms with Gasteiger partial charge in [-0.2, -0.15) is 0 Å². The van der Waals surface area contributed by atoms with Crippen LogP contribution in [0.5, 0.6) is 0 Å². The van der Waals surface area contributed by atoms with E-state index in [0.717, 1.165) is 24.8 Å². The highest BCUT2D eigenvalue weighted by molar-refractivity contribution is 5.98. The molecule has 0 aromatic heterocycles. The van der Waals surface area contributed by atoms with Gasteiger partial charge in [0.1, 0.15) is 0 Å². The second kappa shape index (κ2) is 6.05. The Kier molecular flexibility index (Phi) is 4.70. The number of carbonyl (C=O) groups is 2. The summed E-state index contributed by atoms with van der Waals surface area (Å²) < 4.78 is 0. The third-order valence-electron chi connectivity index (χ3n) is 2.47. The highest BCUT2D eigenvalue weighted by atomic mass is 16.4. The van der Waals surface area contributed by atoms with Crippen LogP contribution in [0.2, 0.25) is 0 Å². The lowest BCUT2D eigenvalue weighted by Crippen LogP contribution is -2.09. The molecule has 0 heterocycles. The van der Waals surface area contributed by atoms with Crippen molar-refractivity contribution in [2.45, 2.75) is 32.6 Å². The Bertz CT molecular complexity index is 383. The third kappa shape index (κ3) is 3.50. The van der Waals surface area contributed by atoms with Gasteiger partial charge < -0.3 is 5.11 Å². The molecular weight excluding hydrogens is 204 g/mol. The molecule has 0 saturated carbocycles. The Morgan fingerprint density at radius 2 is 1.94 bits per heavy atom. The fraction of sp³-hybridized carbons (Fsp3) is 0.385. The molecule has 0 radical (unpaired) electrons. The van der Waals surface area contributed by atoms with Gasteiger partial charge in [-0.1, -0.05) is 31.2 Å². The van der Waals surface area contributed by atoms with Crippen LogP contribution in [0.25, 0.3) is 0 Å². The van der Waals surface area contributed by atoms with Gasteiger partial charge in [-0.25, -0.2) is 0 Å². The van der Waals surface area contributed by atoms with Crippen LogP contribution in [0, 0.1) is 0 Å². The van der Waals surface area contributed by atoms with Gasteiger partial charge in [-0.15, -0.1) is 0 Å². The quantitative estimate of drug-likeness (QED) is 0.791. The fourth-order valence-electron chi connectivity index (χ4n) is 1.58. The number of hydrogen-bond donors (Lipinski definition) is 1. The van der Waals surface area contributed by atoms with E-state index in [0.29, 0.717) is 5.78 Å². The van der Waals surface area contributed by atoms with Gasteiger partial charge >= 0.3 is 5.97 Å². The minimum atomic E-state index is -0.745. The highest BCUT2D eigenvalue weighted by Crippen LogP contribution is 2.19. The van der Waals surface area contributed by atoms with E-state index in [4.69, 9.17) is 5.11 Å². The third-order valence-corrected chi connectivity index (χ3v) is 2.47. The predicted molar refractivity (Wildman–Crippen MR) is 61.6 cm³/mol. The van der Waals surface area contributed by atoms with Crippen molar-refractivity contribution in [2.24, 2.45) is 0 Å². The second-order valence-corrected chi connectivity index (χ2v) is 3.68. The number of Topliss-reactive ketones (excluding diaryl/α,β-unsaturated/α-hetero) is 1. The highest BCUT2D eigenvalue weighted by Gasteiger charge is 2.14. The summed E-state index contributed by atoms with van der Waals surface area (Å²) in [6, 6.07) is 7.91. The number of carboxylic acids is 1. The van der Waals surface area contributed by atoms with Crippen LogP contribution in [0.1, 0.15) is 42.1 Å². The average Bonchev–Trinajstić information content (AvgIpc) is 2.30. The molecule has 0 atom stereocenters. The molecule has 16 heavy (non-hydrogen) atoms. The molecule has 0 fully saturated rings. The molecule has 0 saturated heterocycles. The number of ketones is 1. The summed E-state index contributed by atoms with van der Waals surface area (Å²) in [7, 11) is 0. The summed E-state index contributed by atoms with van der Waals surface area (Å²) in [5.41, 5.74) is 2.17. The number of fused-ring (bicyclic) bond motifs is 1. The van der Waals surface area contributed by atoms with Crippen molar-refractivity contribution >= 4 is 11.8 Å². The molecule has 1 aromatic carbocycles. The van der Waals surface area contributed by atoms with E-state index in [9.17, 15) is 9.59 Å². The predicted octanol–water partition coefficient (Wildman–Crippen LogP) is 2.69. The molecule has 0 bridgehead atoms. The Labute approximate surface area is 95.1 Å². The fourth-order valence-corrected chi connectivity index (χ4v) is 1.58. The van der Waals surface area contributed by atoms with Gasteiger partial charge in [0, 0.05) is 18.4 Å². The number of benzene rings is 1. The molecule has 86 valence electrons. The van der Waals surface area contributed by atoms with Crippen LogP contribution in [-0.4, -0.2) is 16.9 Å². The second-order valence-electron chi connectivity index (χ2n) is 3.68. The van der Waals surface area contributed by atoms with Crippen molar-refractivity contribution < 1.29 is 14.7 Å². The van der Waals surface area contributed by atoms with E-state index < -0.39 is 5.97 Å². The first-order valence-corrected chi connectivity index (χ1v) is 5.48. The van der Waals surface area contributed by atoms with E-state index in [1.807, 2.05) is 24.3 Å².